The third-order valence-corrected chi connectivity index (χ3v) is 19.7. The molecule has 8 aromatic rings. The van der Waals surface area contributed by atoms with Crippen molar-refractivity contribution in [1.29, 1.82) is 0 Å². The molecular weight excluding hydrogens is 884 g/mol. The Labute approximate surface area is 436 Å². The molecule has 2 aliphatic heterocycles. The van der Waals surface area contributed by atoms with Crippen LogP contribution in [0.1, 0.15) is 172 Å². The van der Waals surface area contributed by atoms with Crippen LogP contribution in [0, 0.1) is 20.8 Å². The summed E-state index contributed by atoms with van der Waals surface area (Å²) in [5, 5.41) is 2.42. The van der Waals surface area contributed by atoms with Gasteiger partial charge in [0.1, 0.15) is 11.2 Å². The van der Waals surface area contributed by atoms with Gasteiger partial charge in [0.15, 0.2) is 0 Å². The van der Waals surface area contributed by atoms with Crippen LogP contribution < -0.4 is 26.2 Å². The third-order valence-electron chi connectivity index (χ3n) is 19.7. The second-order valence-electron chi connectivity index (χ2n) is 27.5. The molecule has 3 aliphatic carbocycles. The van der Waals surface area contributed by atoms with Crippen molar-refractivity contribution in [3.63, 3.8) is 0 Å². The molecule has 0 N–H and O–H groups in total. The van der Waals surface area contributed by atoms with E-state index in [2.05, 4.69) is 223 Å². The fourth-order valence-corrected chi connectivity index (χ4v) is 14.7. The molecule has 4 heteroatoms. The van der Waals surface area contributed by atoms with Crippen LogP contribution in [0.5, 0.6) is 0 Å². The van der Waals surface area contributed by atoms with Gasteiger partial charge in [-0.15, -0.1) is 0 Å². The average molecular weight is 959 g/mol. The van der Waals surface area contributed by atoms with E-state index in [-0.39, 0.29) is 39.2 Å². The summed E-state index contributed by atoms with van der Waals surface area (Å²) in [5.41, 5.74) is 29.2. The number of hydrogen-bond donors (Lipinski definition) is 0. The van der Waals surface area contributed by atoms with Crippen LogP contribution in [0.25, 0.3) is 33.1 Å². The first-order chi connectivity index (χ1) is 34.3. The van der Waals surface area contributed by atoms with E-state index < -0.39 is 0 Å². The lowest BCUT2D eigenvalue weighted by Gasteiger charge is -2.47. The van der Waals surface area contributed by atoms with Crippen LogP contribution in [-0.4, -0.2) is 6.71 Å². The highest BCUT2D eigenvalue weighted by Gasteiger charge is 2.47. The number of fused-ring (bicyclic) bond motifs is 10. The lowest BCUT2D eigenvalue weighted by molar-refractivity contribution is 0.332. The maximum atomic E-state index is 7.21. The van der Waals surface area contributed by atoms with E-state index in [4.69, 9.17) is 4.42 Å². The predicted octanol–water partition coefficient (Wildman–Crippen LogP) is 17.3. The molecule has 7 aromatic carbocycles. The van der Waals surface area contributed by atoms with Crippen molar-refractivity contribution in [1.82, 2.24) is 0 Å². The molecule has 3 heterocycles. The van der Waals surface area contributed by atoms with E-state index in [1.54, 1.807) is 0 Å². The largest absolute Gasteiger partial charge is 0.456 e. The smallest absolute Gasteiger partial charge is 0.252 e. The van der Waals surface area contributed by atoms with Gasteiger partial charge in [-0.3, -0.25) is 0 Å². The Balaban J connectivity index is 1.15. The van der Waals surface area contributed by atoms with Gasteiger partial charge < -0.3 is 14.2 Å². The number of nitrogens with zero attached hydrogens (tertiary/aromatic N) is 2. The zero-order valence-corrected chi connectivity index (χ0v) is 46.5. The monoisotopic (exact) mass is 959 g/mol. The van der Waals surface area contributed by atoms with Gasteiger partial charge in [-0.1, -0.05) is 138 Å². The van der Waals surface area contributed by atoms with Gasteiger partial charge in [-0.25, -0.2) is 0 Å². The highest BCUT2D eigenvalue weighted by molar-refractivity contribution is 7.00. The molecule has 0 spiro atoms. The second-order valence-corrected chi connectivity index (χ2v) is 27.5. The Kier molecular flexibility index (Phi) is 9.66. The maximum absolute atomic E-state index is 7.21. The molecule has 1 aromatic heterocycles. The van der Waals surface area contributed by atoms with Crippen molar-refractivity contribution in [3.8, 4) is 11.1 Å². The normalized spacial score (nSPS) is 20.0. The minimum atomic E-state index is -0.0433. The zero-order valence-electron chi connectivity index (χ0n) is 46.5. The summed E-state index contributed by atoms with van der Waals surface area (Å²) < 4.78 is 7.21. The Bertz CT molecular complexity index is 3690. The first kappa shape index (κ1) is 46.8. The van der Waals surface area contributed by atoms with Crippen LogP contribution in [0.2, 0.25) is 0 Å². The van der Waals surface area contributed by atoms with E-state index in [0.717, 1.165) is 17.6 Å². The van der Waals surface area contributed by atoms with Gasteiger partial charge in [0.2, 0.25) is 0 Å². The first-order valence-corrected chi connectivity index (χ1v) is 27.7. The molecule has 3 nitrogen and oxygen atoms in total. The van der Waals surface area contributed by atoms with Crippen LogP contribution >= 0.6 is 0 Å². The average Bonchev–Trinajstić information content (AvgIpc) is 3.69. The fraction of sp³-hybridized carbons (Fsp3) is 0.391. The van der Waals surface area contributed by atoms with Gasteiger partial charge in [-0.05, 0) is 224 Å². The first-order valence-electron chi connectivity index (χ1n) is 27.7. The molecular formula is C69H75BN2O. The molecule has 0 unspecified atom stereocenters. The summed E-state index contributed by atoms with van der Waals surface area (Å²) >= 11 is 0. The lowest BCUT2D eigenvalue weighted by Crippen LogP contribution is -2.61. The summed E-state index contributed by atoms with van der Waals surface area (Å²) in [5.74, 6) is 0. The predicted molar refractivity (Wildman–Crippen MR) is 313 cm³/mol. The fourth-order valence-electron chi connectivity index (χ4n) is 14.7. The van der Waals surface area contributed by atoms with Gasteiger partial charge in [0.05, 0.1) is 0 Å². The standard InChI is InChI=1S/C69H75BN2O/c1-40-29-59-63-60(30-40)72(56-37-51-48(32-42(56)3)65(6,7)24-27-68(51,12)13)58-35-46-45-34-49-52(69(14,15)28-25-66(49,8)9)38-61(45)73-62(46)39-54(58)70(63)53-22-21-44(43-19-17-16-18-20-43)33-57(53)71(59)55-36-50-47(31-41(55)2)64(4,5)23-26-67(50,10)11/h16-22,29-39H,23-28H2,1-15H3. The molecule has 0 bridgehead atoms. The number of anilines is 6. The molecule has 0 amide bonds. The van der Waals surface area contributed by atoms with Crippen molar-refractivity contribution in [2.24, 2.45) is 0 Å². The van der Waals surface area contributed by atoms with Crippen molar-refractivity contribution in [2.45, 2.75) is 175 Å². The highest BCUT2D eigenvalue weighted by atomic mass is 16.3. The van der Waals surface area contributed by atoms with E-state index >= 15 is 0 Å². The Morgan fingerprint density at radius 2 is 0.795 bits per heavy atom. The topological polar surface area (TPSA) is 19.6 Å². The Morgan fingerprint density at radius 3 is 1.30 bits per heavy atom. The van der Waals surface area contributed by atoms with Gasteiger partial charge in [0.25, 0.3) is 6.71 Å². The molecule has 0 fully saturated rings. The molecule has 0 atom stereocenters. The molecule has 5 aliphatic rings. The summed E-state index contributed by atoms with van der Waals surface area (Å²) in [6.45, 7) is 36.5. The van der Waals surface area contributed by atoms with Crippen LogP contribution in [0.4, 0.5) is 34.1 Å². The number of rotatable bonds is 3. The van der Waals surface area contributed by atoms with Crippen molar-refractivity contribution < 1.29 is 4.42 Å². The van der Waals surface area contributed by atoms with Crippen molar-refractivity contribution in [2.75, 3.05) is 9.80 Å². The maximum Gasteiger partial charge on any atom is 0.252 e. The highest BCUT2D eigenvalue weighted by Crippen LogP contribution is 2.55. The van der Waals surface area contributed by atoms with Gasteiger partial charge in [0, 0.05) is 44.9 Å². The van der Waals surface area contributed by atoms with E-state index in [1.807, 2.05) is 0 Å². The van der Waals surface area contributed by atoms with E-state index in [1.165, 1.54) is 155 Å². The summed E-state index contributed by atoms with van der Waals surface area (Å²) in [4.78, 5) is 5.38. The van der Waals surface area contributed by atoms with Crippen LogP contribution in [-0.2, 0) is 32.5 Å². The van der Waals surface area contributed by atoms with Crippen LogP contribution in [0.15, 0.2) is 114 Å². The van der Waals surface area contributed by atoms with Crippen molar-refractivity contribution >= 4 is 79.2 Å². The molecule has 0 saturated carbocycles. The van der Waals surface area contributed by atoms with E-state index in [0.29, 0.717) is 0 Å². The summed E-state index contributed by atoms with van der Waals surface area (Å²) in [7, 11) is 0. The number of benzene rings is 7. The lowest BCUT2D eigenvalue weighted by atomic mass is 9.33. The molecule has 73 heavy (non-hydrogen) atoms. The summed E-state index contributed by atoms with van der Waals surface area (Å²) in [6, 6.07) is 43.6. The number of furan rings is 1. The molecule has 370 valence electrons. The van der Waals surface area contributed by atoms with Crippen LogP contribution in [0.3, 0.4) is 0 Å². The van der Waals surface area contributed by atoms with Gasteiger partial charge >= 0.3 is 0 Å². The van der Waals surface area contributed by atoms with Crippen molar-refractivity contribution in [3.05, 3.63) is 159 Å². The Hall–Kier alpha value is -6.00. The Morgan fingerprint density at radius 1 is 0.370 bits per heavy atom. The SMILES string of the molecule is Cc1cc2c3c(c1)N(c1cc4c(cc1C)C(C)(C)CCC4(C)C)c1cc4c(cc1B3c1ccc(-c3ccccc3)cc1N2c1cc2c(cc1C)C(C)(C)CCC2(C)C)oc1cc2c(cc14)C(C)(C)CCC2(C)C. The van der Waals surface area contributed by atoms with Gasteiger partial charge in [-0.2, -0.15) is 0 Å². The molecule has 0 radical (unpaired) electrons. The second kappa shape index (κ2) is 15.1. The third kappa shape index (κ3) is 6.76. The quantitative estimate of drug-likeness (QED) is 0.165. The minimum absolute atomic E-state index is 0.0433. The van der Waals surface area contributed by atoms with E-state index in [9.17, 15) is 0 Å². The number of hydrogen-bond acceptors (Lipinski definition) is 3. The number of aryl methyl sites for hydroxylation is 3. The molecule has 13 rings (SSSR count). The zero-order chi connectivity index (χ0) is 51.3. The summed E-state index contributed by atoms with van der Waals surface area (Å²) in [6.07, 6.45) is 7.05. The molecule has 0 saturated heterocycles. The minimum Gasteiger partial charge on any atom is -0.456 e.